The van der Waals surface area contributed by atoms with Gasteiger partial charge in [0.1, 0.15) is 5.54 Å². The van der Waals surface area contributed by atoms with Crippen LogP contribution in [0, 0.1) is 5.92 Å². The maximum atomic E-state index is 11.2. The lowest BCUT2D eigenvalue weighted by Crippen LogP contribution is -2.57. The average Bonchev–Trinajstić information content (AvgIpc) is 2.88. The second-order valence-electron chi connectivity index (χ2n) is 4.36. The first-order valence-corrected chi connectivity index (χ1v) is 5.25. The molecule has 80 valence electrons. The molecule has 2 fully saturated rings. The predicted molar refractivity (Wildman–Crippen MR) is 51.1 cm³/mol. The van der Waals surface area contributed by atoms with E-state index < -0.39 is 11.5 Å². The number of rotatable bonds is 4. The molecule has 14 heavy (non-hydrogen) atoms. The summed E-state index contributed by atoms with van der Waals surface area (Å²) in [4.78, 5) is 11.2. The van der Waals surface area contributed by atoms with Crippen LogP contribution >= 0.6 is 0 Å². The maximum absolute atomic E-state index is 11.2. The third-order valence-electron chi connectivity index (χ3n) is 3.34. The van der Waals surface area contributed by atoms with Crippen LogP contribution in [-0.2, 0) is 9.53 Å². The zero-order chi connectivity index (χ0) is 10.2. The molecule has 0 amide bonds. The van der Waals surface area contributed by atoms with Crippen LogP contribution in [0.25, 0.3) is 0 Å². The summed E-state index contributed by atoms with van der Waals surface area (Å²) in [7, 11) is 0. The Morgan fingerprint density at radius 3 is 2.79 bits per heavy atom. The summed E-state index contributed by atoms with van der Waals surface area (Å²) >= 11 is 0. The SMILES string of the molecule is CC1OCCC1(NCC1CC1)C(=O)O. The normalized spacial score (nSPS) is 37.4. The number of carboxylic acid groups (broad SMARTS) is 1. The van der Waals surface area contributed by atoms with Crippen molar-refractivity contribution in [3.8, 4) is 0 Å². The van der Waals surface area contributed by atoms with Crippen LogP contribution in [0.5, 0.6) is 0 Å². The Hall–Kier alpha value is -0.610. The van der Waals surface area contributed by atoms with Gasteiger partial charge in [0.15, 0.2) is 0 Å². The molecule has 0 aromatic carbocycles. The van der Waals surface area contributed by atoms with Gasteiger partial charge in [-0.15, -0.1) is 0 Å². The number of aliphatic carboxylic acids is 1. The summed E-state index contributed by atoms with van der Waals surface area (Å²) in [5.74, 6) is -0.0813. The summed E-state index contributed by atoms with van der Waals surface area (Å²) in [6, 6.07) is 0. The van der Waals surface area contributed by atoms with Crippen LogP contribution < -0.4 is 5.32 Å². The molecule has 4 nitrogen and oxygen atoms in total. The quantitative estimate of drug-likeness (QED) is 0.696. The minimum absolute atomic E-state index is 0.223. The van der Waals surface area contributed by atoms with Gasteiger partial charge in [0, 0.05) is 13.0 Å². The smallest absolute Gasteiger partial charge is 0.326 e. The van der Waals surface area contributed by atoms with Crippen LogP contribution in [0.1, 0.15) is 26.2 Å². The topological polar surface area (TPSA) is 58.6 Å². The molecule has 1 heterocycles. The lowest BCUT2D eigenvalue weighted by Gasteiger charge is -2.28. The van der Waals surface area contributed by atoms with Gasteiger partial charge in [0.25, 0.3) is 0 Å². The molecular formula is C10H17NO3. The zero-order valence-electron chi connectivity index (χ0n) is 8.45. The standard InChI is InChI=1S/C10H17NO3/c1-7-10(9(12)13,4-5-14-7)11-6-8-2-3-8/h7-8,11H,2-6H2,1H3,(H,12,13). The van der Waals surface area contributed by atoms with Crippen molar-refractivity contribution in [3.63, 3.8) is 0 Å². The van der Waals surface area contributed by atoms with Gasteiger partial charge >= 0.3 is 5.97 Å². The number of nitrogens with one attached hydrogen (secondary N) is 1. The van der Waals surface area contributed by atoms with E-state index in [9.17, 15) is 9.90 Å². The number of carboxylic acids is 1. The van der Waals surface area contributed by atoms with Crippen molar-refractivity contribution < 1.29 is 14.6 Å². The van der Waals surface area contributed by atoms with E-state index in [-0.39, 0.29) is 6.10 Å². The van der Waals surface area contributed by atoms with Gasteiger partial charge in [-0.1, -0.05) is 0 Å². The Labute approximate surface area is 83.6 Å². The van der Waals surface area contributed by atoms with Crippen molar-refractivity contribution >= 4 is 5.97 Å². The van der Waals surface area contributed by atoms with Crippen molar-refractivity contribution in [3.05, 3.63) is 0 Å². The van der Waals surface area contributed by atoms with E-state index in [0.29, 0.717) is 18.9 Å². The van der Waals surface area contributed by atoms with Crippen molar-refractivity contribution in [2.75, 3.05) is 13.2 Å². The first kappa shape index (κ1) is 9.93. The lowest BCUT2D eigenvalue weighted by molar-refractivity contribution is -0.147. The molecule has 0 radical (unpaired) electrons. The maximum Gasteiger partial charge on any atom is 0.326 e. The second kappa shape index (κ2) is 3.51. The predicted octanol–water partition coefficient (Wildman–Crippen LogP) is 0.618. The van der Waals surface area contributed by atoms with Gasteiger partial charge in [0.2, 0.25) is 0 Å². The molecule has 0 aromatic rings. The van der Waals surface area contributed by atoms with Crippen molar-refractivity contribution in [2.45, 2.75) is 37.8 Å². The molecule has 1 saturated carbocycles. The molecule has 1 saturated heterocycles. The molecule has 2 aliphatic rings. The molecule has 0 bridgehead atoms. The van der Waals surface area contributed by atoms with E-state index in [1.165, 1.54) is 12.8 Å². The molecule has 4 heteroatoms. The fourth-order valence-electron chi connectivity index (χ4n) is 1.98. The molecule has 2 rings (SSSR count). The first-order chi connectivity index (χ1) is 6.65. The van der Waals surface area contributed by atoms with E-state index in [1.54, 1.807) is 0 Å². The average molecular weight is 199 g/mol. The number of ether oxygens (including phenoxy) is 1. The van der Waals surface area contributed by atoms with E-state index >= 15 is 0 Å². The Kier molecular flexibility index (Phi) is 2.49. The van der Waals surface area contributed by atoms with Crippen molar-refractivity contribution in [2.24, 2.45) is 5.92 Å². The van der Waals surface area contributed by atoms with Gasteiger partial charge in [0.05, 0.1) is 6.10 Å². The van der Waals surface area contributed by atoms with Gasteiger partial charge in [-0.05, 0) is 32.2 Å². The second-order valence-corrected chi connectivity index (χ2v) is 4.36. The minimum atomic E-state index is -0.831. The number of hydrogen-bond donors (Lipinski definition) is 2. The molecular weight excluding hydrogens is 182 g/mol. The third-order valence-corrected chi connectivity index (χ3v) is 3.34. The zero-order valence-corrected chi connectivity index (χ0v) is 8.45. The van der Waals surface area contributed by atoms with Crippen LogP contribution in [0.3, 0.4) is 0 Å². The monoisotopic (exact) mass is 199 g/mol. The highest BCUT2D eigenvalue weighted by Gasteiger charge is 2.48. The number of carbonyl (C=O) groups is 1. The summed E-state index contributed by atoms with van der Waals surface area (Å²) in [5.41, 5.74) is -0.831. The van der Waals surface area contributed by atoms with Gasteiger partial charge < -0.3 is 9.84 Å². The molecule has 2 atom stereocenters. The highest BCUT2D eigenvalue weighted by atomic mass is 16.5. The van der Waals surface area contributed by atoms with E-state index in [0.717, 1.165) is 6.54 Å². The summed E-state index contributed by atoms with van der Waals surface area (Å²) in [6.45, 7) is 3.20. The Morgan fingerprint density at radius 2 is 2.36 bits per heavy atom. The fraction of sp³-hybridized carbons (Fsp3) is 0.900. The van der Waals surface area contributed by atoms with Crippen molar-refractivity contribution in [1.29, 1.82) is 0 Å². The van der Waals surface area contributed by atoms with Crippen molar-refractivity contribution in [1.82, 2.24) is 5.32 Å². The summed E-state index contributed by atoms with van der Waals surface area (Å²) in [5, 5.41) is 12.4. The molecule has 1 aliphatic carbocycles. The van der Waals surface area contributed by atoms with Crippen LogP contribution in [0.15, 0.2) is 0 Å². The Balaban J connectivity index is 2.00. The van der Waals surface area contributed by atoms with E-state index in [2.05, 4.69) is 5.32 Å². The Morgan fingerprint density at radius 1 is 1.64 bits per heavy atom. The first-order valence-electron chi connectivity index (χ1n) is 5.25. The van der Waals surface area contributed by atoms with Gasteiger partial charge in [-0.3, -0.25) is 10.1 Å². The molecule has 0 aromatic heterocycles. The van der Waals surface area contributed by atoms with Gasteiger partial charge in [-0.2, -0.15) is 0 Å². The molecule has 1 aliphatic heterocycles. The van der Waals surface area contributed by atoms with E-state index in [1.807, 2.05) is 6.92 Å². The largest absolute Gasteiger partial charge is 0.480 e. The highest BCUT2D eigenvalue weighted by molar-refractivity contribution is 5.80. The Bertz CT molecular complexity index is 240. The fourth-order valence-corrected chi connectivity index (χ4v) is 1.98. The third kappa shape index (κ3) is 1.64. The number of hydrogen-bond acceptors (Lipinski definition) is 3. The molecule has 0 spiro atoms. The summed E-state index contributed by atoms with van der Waals surface area (Å²) < 4.78 is 5.34. The molecule has 2 unspecified atom stereocenters. The van der Waals surface area contributed by atoms with E-state index in [4.69, 9.17) is 4.74 Å². The summed E-state index contributed by atoms with van der Waals surface area (Å²) in [6.07, 6.45) is 2.82. The highest BCUT2D eigenvalue weighted by Crippen LogP contribution is 2.31. The lowest BCUT2D eigenvalue weighted by atomic mass is 9.92. The molecule has 2 N–H and O–H groups in total. The van der Waals surface area contributed by atoms with Crippen LogP contribution in [0.4, 0.5) is 0 Å². The van der Waals surface area contributed by atoms with Gasteiger partial charge in [-0.25, -0.2) is 0 Å². The van der Waals surface area contributed by atoms with Crippen LogP contribution in [0.2, 0.25) is 0 Å². The van der Waals surface area contributed by atoms with Crippen LogP contribution in [-0.4, -0.2) is 35.9 Å². The minimum Gasteiger partial charge on any atom is -0.480 e.